The number of carbonyl (C=O) groups is 2. The van der Waals surface area contributed by atoms with E-state index >= 15 is 0 Å². The fourth-order valence-electron chi connectivity index (χ4n) is 4.89. The molecule has 1 aliphatic carbocycles. The van der Waals surface area contributed by atoms with Gasteiger partial charge in [-0.15, -0.1) is 0 Å². The summed E-state index contributed by atoms with van der Waals surface area (Å²) < 4.78 is 0. The maximum atomic E-state index is 12.6. The molecule has 1 N–H and O–H groups in total. The number of hydrogen-bond acceptors (Lipinski definition) is 2. The Kier molecular flexibility index (Phi) is 7.00. The van der Waals surface area contributed by atoms with Gasteiger partial charge in [0.25, 0.3) is 0 Å². The maximum absolute atomic E-state index is 12.6. The average Bonchev–Trinajstić information content (AvgIpc) is 2.94. The minimum atomic E-state index is 0.0961. The highest BCUT2D eigenvalue weighted by atomic mass is 16.2. The van der Waals surface area contributed by atoms with Crippen LogP contribution in [0, 0.1) is 5.92 Å². The molecule has 0 radical (unpaired) electrons. The molecule has 5 nitrogen and oxygen atoms in total. The van der Waals surface area contributed by atoms with Gasteiger partial charge in [0.15, 0.2) is 0 Å². The normalized spacial score (nSPS) is 27.4. The summed E-state index contributed by atoms with van der Waals surface area (Å²) in [6.45, 7) is 3.36. The molecule has 3 amide bonds. The van der Waals surface area contributed by atoms with E-state index in [1.54, 1.807) is 0 Å². The van der Waals surface area contributed by atoms with Crippen molar-refractivity contribution in [3.05, 3.63) is 0 Å². The molecule has 5 heteroatoms. The molecule has 0 aromatic heterocycles. The lowest BCUT2D eigenvalue weighted by atomic mass is 9.78. The van der Waals surface area contributed by atoms with Crippen molar-refractivity contribution in [2.24, 2.45) is 5.92 Å². The predicted molar refractivity (Wildman–Crippen MR) is 99.4 cm³/mol. The Labute approximate surface area is 152 Å². The largest absolute Gasteiger partial charge is 0.343 e. The molecule has 2 atom stereocenters. The van der Waals surface area contributed by atoms with Crippen LogP contribution in [0.5, 0.6) is 0 Å². The Morgan fingerprint density at radius 3 is 2.36 bits per heavy atom. The Morgan fingerprint density at radius 2 is 1.56 bits per heavy atom. The molecule has 3 rings (SSSR count). The first kappa shape index (κ1) is 18.5. The quantitative estimate of drug-likeness (QED) is 0.789. The molecule has 3 aliphatic rings. The third-order valence-corrected chi connectivity index (χ3v) is 6.31. The molecule has 0 bridgehead atoms. The van der Waals surface area contributed by atoms with E-state index in [0.717, 1.165) is 51.2 Å². The minimum Gasteiger partial charge on any atom is -0.343 e. The first-order valence-electron chi connectivity index (χ1n) is 10.6. The molecule has 142 valence electrons. The van der Waals surface area contributed by atoms with Gasteiger partial charge in [0, 0.05) is 38.6 Å². The van der Waals surface area contributed by atoms with Gasteiger partial charge in [-0.2, -0.15) is 0 Å². The van der Waals surface area contributed by atoms with Crippen LogP contribution in [0.4, 0.5) is 4.79 Å². The lowest BCUT2D eigenvalue weighted by Crippen LogP contribution is -2.53. The van der Waals surface area contributed by atoms with Gasteiger partial charge in [0.05, 0.1) is 0 Å². The number of rotatable bonds is 4. The predicted octanol–water partition coefficient (Wildman–Crippen LogP) is 3.53. The summed E-state index contributed by atoms with van der Waals surface area (Å²) in [4.78, 5) is 29.0. The third-order valence-electron chi connectivity index (χ3n) is 6.31. The van der Waals surface area contributed by atoms with E-state index < -0.39 is 0 Å². The number of carbonyl (C=O) groups excluding carboxylic acids is 2. The van der Waals surface area contributed by atoms with Crippen LogP contribution in [0.25, 0.3) is 0 Å². The summed E-state index contributed by atoms with van der Waals surface area (Å²) in [5, 5.41) is 3.07. The smallest absolute Gasteiger partial charge is 0.317 e. The van der Waals surface area contributed by atoms with Crippen LogP contribution in [0.1, 0.15) is 77.0 Å². The SMILES string of the molecule is O=C(CCCNC(=O)N1CCCC2CCCCC21)N1CCCCCC1. The van der Waals surface area contributed by atoms with Crippen molar-refractivity contribution in [2.75, 3.05) is 26.2 Å². The number of piperidine rings is 1. The van der Waals surface area contributed by atoms with E-state index in [1.165, 1.54) is 44.9 Å². The van der Waals surface area contributed by atoms with Crippen molar-refractivity contribution in [1.82, 2.24) is 15.1 Å². The van der Waals surface area contributed by atoms with Crippen molar-refractivity contribution >= 4 is 11.9 Å². The van der Waals surface area contributed by atoms with Crippen LogP contribution in [0.2, 0.25) is 0 Å². The number of likely N-dealkylation sites (tertiary alicyclic amines) is 2. The van der Waals surface area contributed by atoms with E-state index in [9.17, 15) is 9.59 Å². The van der Waals surface area contributed by atoms with Gasteiger partial charge in [-0.1, -0.05) is 25.7 Å². The summed E-state index contributed by atoms with van der Waals surface area (Å²) in [5.74, 6) is 0.985. The van der Waals surface area contributed by atoms with Crippen molar-refractivity contribution in [3.8, 4) is 0 Å². The Bertz CT molecular complexity index is 444. The van der Waals surface area contributed by atoms with Crippen LogP contribution in [-0.2, 0) is 4.79 Å². The number of nitrogens with one attached hydrogen (secondary N) is 1. The van der Waals surface area contributed by atoms with E-state index in [4.69, 9.17) is 0 Å². The van der Waals surface area contributed by atoms with Crippen LogP contribution >= 0.6 is 0 Å². The number of nitrogens with zero attached hydrogens (tertiary/aromatic N) is 2. The number of urea groups is 1. The summed E-state index contributed by atoms with van der Waals surface area (Å²) >= 11 is 0. The third kappa shape index (κ3) is 5.11. The second-order valence-corrected chi connectivity index (χ2v) is 8.08. The van der Waals surface area contributed by atoms with Crippen LogP contribution in [0.15, 0.2) is 0 Å². The highest BCUT2D eigenvalue weighted by molar-refractivity contribution is 5.76. The minimum absolute atomic E-state index is 0.0961. The molecular formula is C20H35N3O2. The molecule has 3 fully saturated rings. The van der Waals surface area contributed by atoms with Crippen LogP contribution < -0.4 is 5.32 Å². The number of hydrogen-bond donors (Lipinski definition) is 1. The topological polar surface area (TPSA) is 52.7 Å². The van der Waals surface area contributed by atoms with Crippen molar-refractivity contribution in [2.45, 2.75) is 83.1 Å². The number of fused-ring (bicyclic) bond motifs is 1. The van der Waals surface area contributed by atoms with Gasteiger partial charge in [0.1, 0.15) is 0 Å². The molecule has 2 unspecified atom stereocenters. The van der Waals surface area contributed by atoms with E-state index in [1.807, 2.05) is 4.90 Å². The zero-order valence-electron chi connectivity index (χ0n) is 15.7. The molecule has 2 aliphatic heterocycles. The van der Waals surface area contributed by atoms with E-state index in [0.29, 0.717) is 19.0 Å². The highest BCUT2D eigenvalue weighted by Crippen LogP contribution is 2.35. The monoisotopic (exact) mass is 349 g/mol. The fraction of sp³-hybridized carbons (Fsp3) is 0.900. The van der Waals surface area contributed by atoms with Crippen LogP contribution in [0.3, 0.4) is 0 Å². The zero-order chi connectivity index (χ0) is 17.5. The molecule has 2 heterocycles. The number of amides is 3. The molecule has 1 saturated carbocycles. The van der Waals surface area contributed by atoms with Gasteiger partial charge in [0.2, 0.25) is 5.91 Å². The van der Waals surface area contributed by atoms with Gasteiger partial charge in [-0.05, 0) is 50.9 Å². The zero-order valence-corrected chi connectivity index (χ0v) is 15.7. The summed E-state index contributed by atoms with van der Waals surface area (Å²) in [6, 6.07) is 0.556. The first-order chi connectivity index (χ1) is 12.3. The Balaban J connectivity index is 1.36. The van der Waals surface area contributed by atoms with E-state index in [2.05, 4.69) is 10.2 Å². The van der Waals surface area contributed by atoms with Crippen molar-refractivity contribution < 1.29 is 9.59 Å². The van der Waals surface area contributed by atoms with E-state index in [-0.39, 0.29) is 11.9 Å². The Morgan fingerprint density at radius 1 is 0.840 bits per heavy atom. The molecule has 2 saturated heterocycles. The second-order valence-electron chi connectivity index (χ2n) is 8.08. The highest BCUT2D eigenvalue weighted by Gasteiger charge is 2.35. The maximum Gasteiger partial charge on any atom is 0.317 e. The summed E-state index contributed by atoms with van der Waals surface area (Å²) in [6.07, 6.45) is 13.6. The lowest BCUT2D eigenvalue weighted by molar-refractivity contribution is -0.131. The van der Waals surface area contributed by atoms with Gasteiger partial charge >= 0.3 is 6.03 Å². The van der Waals surface area contributed by atoms with Gasteiger partial charge < -0.3 is 15.1 Å². The van der Waals surface area contributed by atoms with Crippen molar-refractivity contribution in [3.63, 3.8) is 0 Å². The average molecular weight is 350 g/mol. The Hall–Kier alpha value is -1.26. The molecule has 0 aromatic rings. The van der Waals surface area contributed by atoms with Gasteiger partial charge in [-0.25, -0.2) is 4.79 Å². The first-order valence-corrected chi connectivity index (χ1v) is 10.6. The molecule has 0 spiro atoms. The van der Waals surface area contributed by atoms with Gasteiger partial charge in [-0.3, -0.25) is 4.79 Å². The lowest BCUT2D eigenvalue weighted by Gasteiger charge is -2.44. The fourth-order valence-corrected chi connectivity index (χ4v) is 4.89. The molecular weight excluding hydrogens is 314 g/mol. The molecule has 0 aromatic carbocycles. The van der Waals surface area contributed by atoms with Crippen LogP contribution in [-0.4, -0.2) is 54.0 Å². The second kappa shape index (κ2) is 9.44. The summed E-state index contributed by atoms with van der Waals surface area (Å²) in [7, 11) is 0. The van der Waals surface area contributed by atoms with Crippen molar-refractivity contribution in [1.29, 1.82) is 0 Å². The summed E-state index contributed by atoms with van der Waals surface area (Å²) in [5.41, 5.74) is 0. The molecule has 25 heavy (non-hydrogen) atoms. The standard InChI is InChI=1S/C20H35N3O2/c24-19(22-14-5-1-2-6-15-22)12-7-13-21-20(25)23-16-8-10-17-9-3-4-11-18(17)23/h17-18H,1-16H2,(H,21,25).